The fourth-order valence-electron chi connectivity index (χ4n) is 3.20. The summed E-state index contributed by atoms with van der Waals surface area (Å²) in [7, 11) is -1.18. The fourth-order valence-corrected chi connectivity index (χ4v) is 4.62. The fraction of sp³-hybridized carbons (Fsp3) is 0.368. The number of aliphatic hydroxyl groups is 1. The van der Waals surface area contributed by atoms with Gasteiger partial charge in [-0.05, 0) is 68.1 Å². The Hall–Kier alpha value is -1.69. The summed E-state index contributed by atoms with van der Waals surface area (Å²) in [5.41, 5.74) is 11.2. The highest BCUT2D eigenvalue weighted by molar-refractivity contribution is 7.85. The molecule has 0 fully saturated rings. The smallest absolute Gasteiger partial charge is 0.0892 e. The zero-order valence-corrected chi connectivity index (χ0v) is 15.0. The summed E-state index contributed by atoms with van der Waals surface area (Å²) in [4.78, 5) is 3.96. The number of hydrogen-bond donors (Lipinski definition) is 2. The third-order valence-electron chi connectivity index (χ3n) is 4.63. The molecule has 2 aromatic carbocycles. The molecule has 0 amide bonds. The first-order valence-corrected chi connectivity index (χ1v) is 9.46. The van der Waals surface area contributed by atoms with Crippen LogP contribution in [0.4, 0.5) is 11.4 Å². The van der Waals surface area contributed by atoms with Crippen LogP contribution in [0.2, 0.25) is 0 Å². The molecule has 4 nitrogen and oxygen atoms in total. The van der Waals surface area contributed by atoms with E-state index in [0.717, 1.165) is 45.3 Å². The van der Waals surface area contributed by atoms with Crippen LogP contribution in [0, 0.1) is 13.8 Å². The third kappa shape index (κ3) is 2.88. The molecule has 2 aromatic rings. The summed E-state index contributed by atoms with van der Waals surface area (Å²) in [5, 5.41) is 9.23. The first kappa shape index (κ1) is 17.1. The quantitative estimate of drug-likeness (QED) is 0.875. The predicted molar refractivity (Wildman–Crippen MR) is 98.5 cm³/mol. The molecule has 3 N–H and O–H groups in total. The van der Waals surface area contributed by atoms with E-state index in [0.29, 0.717) is 13.0 Å². The minimum atomic E-state index is -1.18. The molecule has 0 aromatic heterocycles. The first-order valence-electron chi connectivity index (χ1n) is 8.32. The van der Waals surface area contributed by atoms with Gasteiger partial charge < -0.3 is 15.7 Å². The van der Waals surface area contributed by atoms with Crippen LogP contribution in [0.3, 0.4) is 0 Å². The van der Waals surface area contributed by atoms with Gasteiger partial charge in [-0.25, -0.2) is 4.21 Å². The van der Waals surface area contributed by atoms with Crippen molar-refractivity contribution in [1.82, 2.24) is 0 Å². The molecule has 0 bridgehead atoms. The molecular weight excluding hydrogens is 320 g/mol. The van der Waals surface area contributed by atoms with Crippen molar-refractivity contribution in [3.8, 4) is 0 Å². The van der Waals surface area contributed by atoms with E-state index < -0.39 is 10.8 Å². The van der Waals surface area contributed by atoms with Crippen LogP contribution < -0.4 is 10.6 Å². The van der Waals surface area contributed by atoms with Gasteiger partial charge in [-0.2, -0.15) is 0 Å². The number of aryl methyl sites for hydroxylation is 1. The van der Waals surface area contributed by atoms with Crippen molar-refractivity contribution in [1.29, 1.82) is 0 Å². The maximum absolute atomic E-state index is 13.1. The van der Waals surface area contributed by atoms with Gasteiger partial charge in [0, 0.05) is 13.2 Å². The molecule has 3 rings (SSSR count). The van der Waals surface area contributed by atoms with Crippen molar-refractivity contribution in [3.05, 3.63) is 47.0 Å². The van der Waals surface area contributed by atoms with E-state index >= 15 is 0 Å². The highest BCUT2D eigenvalue weighted by Crippen LogP contribution is 2.44. The molecule has 1 heterocycles. The molecule has 0 saturated carbocycles. The SMILES string of the molecule is Cc1ccc2c(c1C)N(CCCN)c1cc(CCO)ccc1S2=O. The van der Waals surface area contributed by atoms with Crippen LogP contribution in [0.25, 0.3) is 0 Å². The number of hydrogen-bond acceptors (Lipinski definition) is 4. The second kappa shape index (κ2) is 7.05. The van der Waals surface area contributed by atoms with E-state index in [-0.39, 0.29) is 6.61 Å². The molecule has 1 unspecified atom stereocenters. The van der Waals surface area contributed by atoms with E-state index in [4.69, 9.17) is 5.73 Å². The average molecular weight is 344 g/mol. The van der Waals surface area contributed by atoms with Crippen LogP contribution in [-0.4, -0.2) is 29.0 Å². The van der Waals surface area contributed by atoms with Crippen LogP contribution in [0.1, 0.15) is 23.1 Å². The summed E-state index contributed by atoms with van der Waals surface area (Å²) in [5.74, 6) is 0. The van der Waals surface area contributed by atoms with Crippen molar-refractivity contribution in [3.63, 3.8) is 0 Å². The Balaban J connectivity index is 2.19. The summed E-state index contributed by atoms with van der Waals surface area (Å²) in [6.07, 6.45) is 1.47. The largest absolute Gasteiger partial charge is 0.396 e. The standard InChI is InChI=1S/C19H24N2O2S/c1-13-4-6-18-19(14(13)2)21(10-3-9-20)16-12-15(8-11-22)5-7-17(16)24(18)23/h4-7,12,22H,3,8-11,20H2,1-2H3. The second-order valence-corrected chi connectivity index (χ2v) is 7.61. The van der Waals surface area contributed by atoms with Crippen LogP contribution in [-0.2, 0) is 17.2 Å². The highest BCUT2D eigenvalue weighted by atomic mass is 32.2. The summed E-state index contributed by atoms with van der Waals surface area (Å²) < 4.78 is 13.1. The second-order valence-electron chi connectivity index (χ2n) is 6.19. The van der Waals surface area contributed by atoms with Crippen LogP contribution in [0.5, 0.6) is 0 Å². The lowest BCUT2D eigenvalue weighted by Crippen LogP contribution is -2.27. The van der Waals surface area contributed by atoms with E-state index in [1.165, 1.54) is 5.56 Å². The lowest BCUT2D eigenvalue weighted by molar-refractivity contribution is 0.299. The van der Waals surface area contributed by atoms with Crippen molar-refractivity contribution in [2.75, 3.05) is 24.6 Å². The first-order chi connectivity index (χ1) is 11.6. The van der Waals surface area contributed by atoms with Crippen molar-refractivity contribution in [2.24, 2.45) is 5.73 Å². The van der Waals surface area contributed by atoms with Gasteiger partial charge in [-0.1, -0.05) is 12.1 Å². The molecule has 0 spiro atoms. The van der Waals surface area contributed by atoms with E-state index in [1.807, 2.05) is 24.3 Å². The van der Waals surface area contributed by atoms with Gasteiger partial charge in [-0.3, -0.25) is 0 Å². The Morgan fingerprint density at radius 3 is 2.62 bits per heavy atom. The molecule has 1 atom stereocenters. The third-order valence-corrected chi connectivity index (χ3v) is 6.11. The van der Waals surface area contributed by atoms with Gasteiger partial charge in [0.2, 0.25) is 0 Å². The van der Waals surface area contributed by atoms with Gasteiger partial charge in [0.15, 0.2) is 0 Å². The van der Waals surface area contributed by atoms with Crippen molar-refractivity contribution >= 4 is 22.2 Å². The minimum Gasteiger partial charge on any atom is -0.396 e. The topological polar surface area (TPSA) is 66.6 Å². The molecule has 0 saturated heterocycles. The molecule has 1 aliphatic heterocycles. The highest BCUT2D eigenvalue weighted by Gasteiger charge is 2.29. The molecular formula is C19H24N2O2S. The van der Waals surface area contributed by atoms with Gasteiger partial charge in [0.25, 0.3) is 0 Å². The number of anilines is 2. The zero-order valence-electron chi connectivity index (χ0n) is 14.2. The molecule has 128 valence electrons. The summed E-state index contributed by atoms with van der Waals surface area (Å²) in [6.45, 7) is 5.69. The van der Waals surface area contributed by atoms with Crippen LogP contribution in [0.15, 0.2) is 40.1 Å². The van der Waals surface area contributed by atoms with Gasteiger partial charge in [0.1, 0.15) is 0 Å². The number of nitrogens with zero attached hydrogens (tertiary/aromatic N) is 1. The van der Waals surface area contributed by atoms with Gasteiger partial charge in [-0.15, -0.1) is 0 Å². The Morgan fingerprint density at radius 1 is 1.17 bits per heavy atom. The van der Waals surface area contributed by atoms with E-state index in [1.54, 1.807) is 0 Å². The molecule has 1 aliphatic rings. The number of fused-ring (bicyclic) bond motifs is 2. The normalized spacial score (nSPS) is 16.0. The number of nitrogens with two attached hydrogens (primary N) is 1. The Labute approximate surface area is 145 Å². The van der Waals surface area contributed by atoms with Gasteiger partial charge in [0.05, 0.1) is 32.0 Å². The van der Waals surface area contributed by atoms with Gasteiger partial charge >= 0.3 is 0 Å². The summed E-state index contributed by atoms with van der Waals surface area (Å²) >= 11 is 0. The zero-order chi connectivity index (χ0) is 17.3. The Bertz CT molecular complexity index is 789. The Morgan fingerprint density at radius 2 is 1.92 bits per heavy atom. The lowest BCUT2D eigenvalue weighted by Gasteiger charge is -2.35. The predicted octanol–water partition coefficient (Wildman–Crippen LogP) is 2.81. The number of benzene rings is 2. The maximum atomic E-state index is 13.1. The Kier molecular flexibility index (Phi) is 5.04. The number of rotatable bonds is 5. The van der Waals surface area contributed by atoms with Crippen LogP contribution >= 0.6 is 0 Å². The minimum absolute atomic E-state index is 0.111. The number of aliphatic hydroxyl groups excluding tert-OH is 1. The van der Waals surface area contributed by atoms with Crippen molar-refractivity contribution < 1.29 is 9.32 Å². The van der Waals surface area contributed by atoms with E-state index in [2.05, 4.69) is 24.8 Å². The average Bonchev–Trinajstić information content (AvgIpc) is 2.58. The van der Waals surface area contributed by atoms with Crippen molar-refractivity contribution in [2.45, 2.75) is 36.5 Å². The molecule has 24 heavy (non-hydrogen) atoms. The molecule has 5 heteroatoms. The molecule has 0 aliphatic carbocycles. The summed E-state index contributed by atoms with van der Waals surface area (Å²) in [6, 6.07) is 9.97. The lowest BCUT2D eigenvalue weighted by atomic mass is 10.0. The molecule has 0 radical (unpaired) electrons. The monoisotopic (exact) mass is 344 g/mol. The van der Waals surface area contributed by atoms with E-state index in [9.17, 15) is 9.32 Å². The maximum Gasteiger partial charge on any atom is 0.0892 e.